The molecule has 33 heavy (non-hydrogen) atoms. The lowest BCUT2D eigenvalue weighted by molar-refractivity contribution is 0.187. The highest BCUT2D eigenvalue weighted by molar-refractivity contribution is 7.99. The number of halogens is 1. The molecule has 0 amide bonds. The van der Waals surface area contributed by atoms with Gasteiger partial charge >= 0.3 is 0 Å². The molecule has 5 rings (SSSR count). The molecule has 1 N–H and O–H groups in total. The molecule has 0 saturated carbocycles. The van der Waals surface area contributed by atoms with E-state index in [1.165, 1.54) is 30.5 Å². The quantitative estimate of drug-likeness (QED) is 0.331. The second-order valence-corrected chi connectivity index (χ2v) is 9.53. The van der Waals surface area contributed by atoms with E-state index < -0.39 is 0 Å². The van der Waals surface area contributed by atoms with Gasteiger partial charge in [0.25, 0.3) is 0 Å². The number of imidazole rings is 1. The number of benzene rings is 2. The minimum absolute atomic E-state index is 0.243. The number of thioether (sulfide) groups is 1. The molecule has 4 nitrogen and oxygen atoms in total. The number of nitrogens with one attached hydrogen (secondary N) is 1. The van der Waals surface area contributed by atoms with Crippen LogP contribution in [0.15, 0.2) is 84.3 Å². The van der Waals surface area contributed by atoms with Gasteiger partial charge < -0.3 is 4.98 Å². The summed E-state index contributed by atoms with van der Waals surface area (Å²) in [7, 11) is 0. The summed E-state index contributed by atoms with van der Waals surface area (Å²) < 4.78 is 13.5. The smallest absolute Gasteiger partial charge is 0.166 e. The molecule has 1 aliphatic rings. The first-order chi connectivity index (χ1) is 16.2. The predicted octanol–water partition coefficient (Wildman–Crippen LogP) is 6.28. The predicted molar refractivity (Wildman–Crippen MR) is 132 cm³/mol. The van der Waals surface area contributed by atoms with E-state index in [0.717, 1.165) is 53.1 Å². The maximum Gasteiger partial charge on any atom is 0.166 e. The molecule has 0 bridgehead atoms. The second-order valence-electron chi connectivity index (χ2n) is 8.52. The Bertz CT molecular complexity index is 1150. The average Bonchev–Trinajstić information content (AvgIpc) is 3.30. The first kappa shape index (κ1) is 21.9. The van der Waals surface area contributed by atoms with Gasteiger partial charge in [-0.1, -0.05) is 42.1 Å². The summed E-state index contributed by atoms with van der Waals surface area (Å²) in [4.78, 5) is 15.1. The van der Waals surface area contributed by atoms with E-state index in [9.17, 15) is 4.39 Å². The topological polar surface area (TPSA) is 44.8 Å². The van der Waals surface area contributed by atoms with Crippen LogP contribution in [-0.2, 0) is 6.54 Å². The summed E-state index contributed by atoms with van der Waals surface area (Å²) in [6, 6.07) is 21.2. The normalized spacial score (nSPS) is 15.1. The second kappa shape index (κ2) is 10.3. The highest BCUT2D eigenvalue weighted by atomic mass is 32.2. The summed E-state index contributed by atoms with van der Waals surface area (Å²) in [6.07, 6.45) is 5.98. The lowest BCUT2D eigenvalue weighted by atomic mass is 9.98. The van der Waals surface area contributed by atoms with Crippen LogP contribution in [0.3, 0.4) is 0 Å². The molecule has 0 aliphatic carbocycles. The van der Waals surface area contributed by atoms with Crippen molar-refractivity contribution >= 4 is 11.8 Å². The maximum absolute atomic E-state index is 13.5. The van der Waals surface area contributed by atoms with Crippen molar-refractivity contribution in [1.82, 2.24) is 19.9 Å². The third-order valence-electron chi connectivity index (χ3n) is 6.18. The van der Waals surface area contributed by atoms with Crippen LogP contribution >= 0.6 is 11.8 Å². The molecule has 168 valence electrons. The van der Waals surface area contributed by atoms with Gasteiger partial charge in [0.2, 0.25) is 0 Å². The molecule has 4 aromatic rings. The molecular formula is C27H27FN4S. The van der Waals surface area contributed by atoms with Crippen molar-refractivity contribution in [2.75, 3.05) is 18.8 Å². The lowest BCUT2D eigenvalue weighted by Crippen LogP contribution is -2.33. The van der Waals surface area contributed by atoms with Crippen molar-refractivity contribution in [3.63, 3.8) is 0 Å². The first-order valence-corrected chi connectivity index (χ1v) is 12.4. The SMILES string of the molecule is Fc1ccc(-c2nc(SCC3CCN(Cc4ccccc4)CC3)[nH]c2-c2ccncc2)cc1. The van der Waals surface area contributed by atoms with E-state index in [1.54, 1.807) is 36.3 Å². The number of nitrogens with zero attached hydrogens (tertiary/aromatic N) is 3. The number of likely N-dealkylation sites (tertiary alicyclic amines) is 1. The third kappa shape index (κ3) is 5.52. The van der Waals surface area contributed by atoms with E-state index in [-0.39, 0.29) is 5.82 Å². The number of aromatic amines is 1. The minimum Gasteiger partial charge on any atom is -0.332 e. The van der Waals surface area contributed by atoms with Gasteiger partial charge in [-0.3, -0.25) is 9.88 Å². The molecule has 0 spiro atoms. The number of pyridine rings is 1. The van der Waals surface area contributed by atoms with E-state index in [2.05, 4.69) is 45.2 Å². The van der Waals surface area contributed by atoms with Gasteiger partial charge in [0, 0.05) is 35.8 Å². The Morgan fingerprint density at radius 1 is 0.909 bits per heavy atom. The molecule has 6 heteroatoms. The molecule has 1 aliphatic heterocycles. The molecule has 2 aromatic heterocycles. The monoisotopic (exact) mass is 458 g/mol. The van der Waals surface area contributed by atoms with E-state index in [4.69, 9.17) is 4.98 Å². The van der Waals surface area contributed by atoms with Crippen molar-refractivity contribution < 1.29 is 4.39 Å². The summed E-state index contributed by atoms with van der Waals surface area (Å²) in [6.45, 7) is 3.32. The van der Waals surface area contributed by atoms with E-state index in [0.29, 0.717) is 5.92 Å². The molecule has 0 unspecified atom stereocenters. The Morgan fingerprint density at radius 3 is 2.36 bits per heavy atom. The number of hydrogen-bond acceptors (Lipinski definition) is 4. The van der Waals surface area contributed by atoms with Gasteiger partial charge in [0.1, 0.15) is 5.82 Å². The van der Waals surface area contributed by atoms with Crippen molar-refractivity contribution in [2.24, 2.45) is 5.92 Å². The highest BCUT2D eigenvalue weighted by Gasteiger charge is 2.21. The number of piperidine rings is 1. The molecule has 1 fully saturated rings. The summed E-state index contributed by atoms with van der Waals surface area (Å²) in [5.74, 6) is 1.49. The summed E-state index contributed by atoms with van der Waals surface area (Å²) >= 11 is 1.78. The zero-order valence-corrected chi connectivity index (χ0v) is 19.3. The van der Waals surface area contributed by atoms with Crippen LogP contribution in [0.25, 0.3) is 22.5 Å². The van der Waals surface area contributed by atoms with Gasteiger partial charge in [0.15, 0.2) is 5.16 Å². The Kier molecular flexibility index (Phi) is 6.84. The fraction of sp³-hybridized carbons (Fsp3) is 0.259. The molecule has 0 atom stereocenters. The Morgan fingerprint density at radius 2 is 1.64 bits per heavy atom. The van der Waals surface area contributed by atoms with Crippen LogP contribution < -0.4 is 0 Å². The Hall–Kier alpha value is -2.96. The van der Waals surface area contributed by atoms with E-state index >= 15 is 0 Å². The van der Waals surface area contributed by atoms with Crippen LogP contribution in [0.1, 0.15) is 18.4 Å². The van der Waals surface area contributed by atoms with Gasteiger partial charge in [-0.25, -0.2) is 9.37 Å². The van der Waals surface area contributed by atoms with Crippen molar-refractivity contribution in [3.05, 3.63) is 90.5 Å². The van der Waals surface area contributed by atoms with Gasteiger partial charge in [-0.15, -0.1) is 0 Å². The van der Waals surface area contributed by atoms with Crippen molar-refractivity contribution in [3.8, 4) is 22.5 Å². The molecular weight excluding hydrogens is 431 g/mol. The first-order valence-electron chi connectivity index (χ1n) is 11.4. The summed E-state index contributed by atoms with van der Waals surface area (Å²) in [5.41, 5.74) is 5.11. The fourth-order valence-corrected chi connectivity index (χ4v) is 5.37. The van der Waals surface area contributed by atoms with Gasteiger partial charge in [-0.2, -0.15) is 0 Å². The largest absolute Gasteiger partial charge is 0.332 e. The Labute approximate surface area is 198 Å². The molecule has 0 radical (unpaired) electrons. The van der Waals surface area contributed by atoms with Gasteiger partial charge in [0.05, 0.1) is 11.4 Å². The lowest BCUT2D eigenvalue weighted by Gasteiger charge is -2.31. The van der Waals surface area contributed by atoms with E-state index in [1.807, 2.05) is 12.1 Å². The summed E-state index contributed by atoms with van der Waals surface area (Å²) in [5, 5.41) is 0.910. The van der Waals surface area contributed by atoms with Crippen LogP contribution in [0, 0.1) is 11.7 Å². The fourth-order valence-electron chi connectivity index (χ4n) is 4.31. The molecule has 3 heterocycles. The Balaban J connectivity index is 1.24. The third-order valence-corrected chi connectivity index (χ3v) is 7.29. The zero-order chi connectivity index (χ0) is 22.5. The maximum atomic E-state index is 13.5. The zero-order valence-electron chi connectivity index (χ0n) is 18.5. The minimum atomic E-state index is -0.243. The van der Waals surface area contributed by atoms with Crippen LogP contribution in [0.5, 0.6) is 0 Å². The average molecular weight is 459 g/mol. The molecule has 2 aromatic carbocycles. The number of aromatic nitrogens is 3. The van der Waals surface area contributed by atoms with Crippen LogP contribution in [-0.4, -0.2) is 38.7 Å². The van der Waals surface area contributed by atoms with Gasteiger partial charge in [-0.05, 0) is 73.8 Å². The van der Waals surface area contributed by atoms with Crippen LogP contribution in [0.2, 0.25) is 0 Å². The number of hydrogen-bond donors (Lipinski definition) is 1. The van der Waals surface area contributed by atoms with Crippen LogP contribution in [0.4, 0.5) is 4.39 Å². The van der Waals surface area contributed by atoms with Crippen molar-refractivity contribution in [2.45, 2.75) is 24.5 Å². The van der Waals surface area contributed by atoms with Crippen molar-refractivity contribution in [1.29, 1.82) is 0 Å². The standard InChI is InChI=1S/C27H27FN4S/c28-24-8-6-22(7-9-24)25-26(23-10-14-29-15-11-23)31-27(30-25)33-19-21-12-16-32(17-13-21)18-20-4-2-1-3-5-20/h1-11,14-15,21H,12-13,16-19H2,(H,30,31). The molecule has 1 saturated heterocycles. The highest BCUT2D eigenvalue weighted by Crippen LogP contribution is 2.34. The number of rotatable bonds is 7. The number of H-pyrrole nitrogens is 1.